The predicted molar refractivity (Wildman–Crippen MR) is 73.4 cm³/mol. The zero-order chi connectivity index (χ0) is 14.8. The van der Waals surface area contributed by atoms with Gasteiger partial charge in [-0.05, 0) is 37.1 Å². The maximum atomic E-state index is 11.7. The van der Waals surface area contributed by atoms with E-state index in [9.17, 15) is 18.0 Å². The van der Waals surface area contributed by atoms with Crippen molar-refractivity contribution in [3.63, 3.8) is 0 Å². The molecule has 0 spiro atoms. The van der Waals surface area contributed by atoms with Crippen LogP contribution >= 0.6 is 0 Å². The standard InChI is InChI=1S/C13H16N2O4S/c1-9(16)15-20(18,19)12-7-5-11(6-8-12)14-13(17)10-3-2-4-10/h5-8,10H,2-4H2,1H3,(H,14,17)(H,15,16). The van der Waals surface area contributed by atoms with Gasteiger partial charge in [0.25, 0.3) is 10.0 Å². The summed E-state index contributed by atoms with van der Waals surface area (Å²) in [7, 11) is -3.83. The second kappa shape index (κ2) is 5.62. The molecule has 1 fully saturated rings. The molecule has 1 aromatic carbocycles. The Hall–Kier alpha value is -1.89. The summed E-state index contributed by atoms with van der Waals surface area (Å²) in [6.07, 6.45) is 2.88. The lowest BCUT2D eigenvalue weighted by molar-refractivity contribution is -0.122. The van der Waals surface area contributed by atoms with Gasteiger partial charge in [0.1, 0.15) is 0 Å². The van der Waals surface area contributed by atoms with Crippen LogP contribution < -0.4 is 10.0 Å². The highest BCUT2D eigenvalue weighted by Gasteiger charge is 2.25. The van der Waals surface area contributed by atoms with Crippen molar-refractivity contribution in [2.24, 2.45) is 5.92 Å². The smallest absolute Gasteiger partial charge is 0.264 e. The topological polar surface area (TPSA) is 92.3 Å². The SMILES string of the molecule is CC(=O)NS(=O)(=O)c1ccc(NC(=O)C2CCC2)cc1. The maximum Gasteiger partial charge on any atom is 0.264 e. The van der Waals surface area contributed by atoms with Crippen molar-refractivity contribution in [3.8, 4) is 0 Å². The van der Waals surface area contributed by atoms with Crippen LogP contribution in [0.25, 0.3) is 0 Å². The molecule has 1 saturated carbocycles. The van der Waals surface area contributed by atoms with Crippen molar-refractivity contribution in [2.75, 3.05) is 5.32 Å². The van der Waals surface area contributed by atoms with Gasteiger partial charge in [-0.25, -0.2) is 13.1 Å². The molecule has 0 aliphatic heterocycles. The maximum absolute atomic E-state index is 11.7. The molecule has 2 rings (SSSR count). The number of carbonyl (C=O) groups excluding carboxylic acids is 2. The van der Waals surface area contributed by atoms with Crippen molar-refractivity contribution in [1.82, 2.24) is 4.72 Å². The van der Waals surface area contributed by atoms with E-state index in [2.05, 4.69) is 5.32 Å². The van der Waals surface area contributed by atoms with Gasteiger partial charge >= 0.3 is 0 Å². The van der Waals surface area contributed by atoms with Gasteiger partial charge in [0.05, 0.1) is 4.90 Å². The molecule has 2 N–H and O–H groups in total. The monoisotopic (exact) mass is 296 g/mol. The van der Waals surface area contributed by atoms with Crippen LogP contribution in [0.1, 0.15) is 26.2 Å². The highest BCUT2D eigenvalue weighted by atomic mass is 32.2. The number of rotatable bonds is 4. The van der Waals surface area contributed by atoms with Crippen molar-refractivity contribution in [3.05, 3.63) is 24.3 Å². The van der Waals surface area contributed by atoms with Gasteiger partial charge in [-0.1, -0.05) is 6.42 Å². The Morgan fingerprint density at radius 2 is 1.75 bits per heavy atom. The molecule has 6 nitrogen and oxygen atoms in total. The quantitative estimate of drug-likeness (QED) is 0.874. The molecule has 2 amide bonds. The Balaban J connectivity index is 2.06. The van der Waals surface area contributed by atoms with Gasteiger partial charge in [-0.15, -0.1) is 0 Å². The van der Waals surface area contributed by atoms with Gasteiger partial charge in [-0.2, -0.15) is 0 Å². The normalized spacial score (nSPS) is 15.2. The summed E-state index contributed by atoms with van der Waals surface area (Å²) in [4.78, 5) is 22.5. The number of sulfonamides is 1. The third-order valence-electron chi connectivity index (χ3n) is 3.19. The Kier molecular flexibility index (Phi) is 4.08. The van der Waals surface area contributed by atoms with Crippen molar-refractivity contribution in [2.45, 2.75) is 31.1 Å². The van der Waals surface area contributed by atoms with E-state index >= 15 is 0 Å². The first-order chi connectivity index (χ1) is 9.38. The highest BCUT2D eigenvalue weighted by molar-refractivity contribution is 7.90. The van der Waals surface area contributed by atoms with Crippen molar-refractivity contribution in [1.29, 1.82) is 0 Å². The Labute approximate surface area is 117 Å². The summed E-state index contributed by atoms with van der Waals surface area (Å²) in [6.45, 7) is 1.13. The molecular weight excluding hydrogens is 280 g/mol. The lowest BCUT2D eigenvalue weighted by Gasteiger charge is -2.24. The fraction of sp³-hybridized carbons (Fsp3) is 0.385. The number of hydrogen-bond donors (Lipinski definition) is 2. The van der Waals surface area contributed by atoms with Gasteiger partial charge in [0, 0.05) is 18.5 Å². The molecule has 7 heteroatoms. The average Bonchev–Trinajstić information content (AvgIpc) is 2.25. The summed E-state index contributed by atoms with van der Waals surface area (Å²) >= 11 is 0. The zero-order valence-corrected chi connectivity index (χ0v) is 11.9. The van der Waals surface area contributed by atoms with E-state index in [4.69, 9.17) is 0 Å². The third kappa shape index (κ3) is 3.36. The van der Waals surface area contributed by atoms with Crippen LogP contribution in [-0.2, 0) is 19.6 Å². The molecule has 0 bridgehead atoms. The van der Waals surface area contributed by atoms with E-state index in [1.165, 1.54) is 24.3 Å². The van der Waals surface area contributed by atoms with E-state index in [1.54, 1.807) is 0 Å². The van der Waals surface area contributed by atoms with Gasteiger partial charge < -0.3 is 5.32 Å². The average molecular weight is 296 g/mol. The molecular formula is C13H16N2O4S. The number of carbonyl (C=O) groups is 2. The molecule has 0 atom stereocenters. The first kappa shape index (κ1) is 14.5. The highest BCUT2D eigenvalue weighted by Crippen LogP contribution is 2.27. The first-order valence-electron chi connectivity index (χ1n) is 6.33. The van der Waals surface area contributed by atoms with Gasteiger partial charge in [-0.3, -0.25) is 9.59 Å². The summed E-state index contributed by atoms with van der Waals surface area (Å²) in [5, 5.41) is 2.74. The van der Waals surface area contributed by atoms with Crippen LogP contribution in [0.5, 0.6) is 0 Å². The van der Waals surface area contributed by atoms with E-state index in [1.807, 2.05) is 4.72 Å². The number of nitrogens with one attached hydrogen (secondary N) is 2. The molecule has 0 unspecified atom stereocenters. The predicted octanol–water partition coefficient (Wildman–Crippen LogP) is 1.25. The molecule has 108 valence electrons. The molecule has 1 aromatic rings. The third-order valence-corrected chi connectivity index (χ3v) is 4.64. The molecule has 0 aromatic heterocycles. The van der Waals surface area contributed by atoms with E-state index in [0.29, 0.717) is 5.69 Å². The second-order valence-corrected chi connectivity index (χ2v) is 6.49. The van der Waals surface area contributed by atoms with Crippen LogP contribution in [0.15, 0.2) is 29.2 Å². The number of amides is 2. The second-order valence-electron chi connectivity index (χ2n) is 4.80. The minimum atomic E-state index is -3.83. The fourth-order valence-corrected chi connectivity index (χ4v) is 2.87. The Morgan fingerprint density at radius 1 is 1.15 bits per heavy atom. The lowest BCUT2D eigenvalue weighted by atomic mass is 9.85. The Bertz CT molecular complexity index is 618. The van der Waals surface area contributed by atoms with Crippen LogP contribution in [0.3, 0.4) is 0 Å². The number of hydrogen-bond acceptors (Lipinski definition) is 4. The summed E-state index contributed by atoms with van der Waals surface area (Å²) in [5.74, 6) is -0.612. The van der Waals surface area contributed by atoms with Crippen LogP contribution in [0.4, 0.5) is 5.69 Å². The molecule has 1 aliphatic rings. The molecule has 0 saturated heterocycles. The Morgan fingerprint density at radius 3 is 2.20 bits per heavy atom. The van der Waals surface area contributed by atoms with E-state index in [0.717, 1.165) is 26.2 Å². The van der Waals surface area contributed by atoms with Crippen LogP contribution in [0, 0.1) is 5.92 Å². The van der Waals surface area contributed by atoms with Crippen LogP contribution in [0.2, 0.25) is 0 Å². The minimum absolute atomic E-state index is 0.0191. The van der Waals surface area contributed by atoms with E-state index in [-0.39, 0.29) is 16.7 Å². The lowest BCUT2D eigenvalue weighted by Crippen LogP contribution is -2.28. The van der Waals surface area contributed by atoms with Crippen molar-refractivity contribution < 1.29 is 18.0 Å². The zero-order valence-electron chi connectivity index (χ0n) is 11.0. The minimum Gasteiger partial charge on any atom is -0.326 e. The largest absolute Gasteiger partial charge is 0.326 e. The molecule has 1 aliphatic carbocycles. The summed E-state index contributed by atoms with van der Waals surface area (Å²) in [5.41, 5.74) is 0.545. The molecule has 0 radical (unpaired) electrons. The fourth-order valence-electron chi connectivity index (χ4n) is 1.88. The van der Waals surface area contributed by atoms with E-state index < -0.39 is 15.9 Å². The van der Waals surface area contributed by atoms with Gasteiger partial charge in [0.2, 0.25) is 11.8 Å². The van der Waals surface area contributed by atoms with Crippen molar-refractivity contribution >= 4 is 27.5 Å². The molecule has 0 heterocycles. The summed E-state index contributed by atoms with van der Waals surface area (Å²) < 4.78 is 25.3. The molecule has 20 heavy (non-hydrogen) atoms. The van der Waals surface area contributed by atoms with Gasteiger partial charge in [0.15, 0.2) is 0 Å². The summed E-state index contributed by atoms with van der Waals surface area (Å²) in [6, 6.07) is 5.71. The number of benzene rings is 1. The first-order valence-corrected chi connectivity index (χ1v) is 7.81. The van der Waals surface area contributed by atoms with Crippen LogP contribution in [-0.4, -0.2) is 20.2 Å². The number of anilines is 1.